The van der Waals surface area contributed by atoms with E-state index in [-0.39, 0.29) is 0 Å². The highest BCUT2D eigenvalue weighted by Gasteiger charge is 2.05. The maximum Gasteiger partial charge on any atom is 0.251 e. The Bertz CT molecular complexity index is 354. The summed E-state index contributed by atoms with van der Waals surface area (Å²) in [6.45, 7) is 4.00. The van der Waals surface area contributed by atoms with Crippen LogP contribution in [0.4, 0.5) is 0 Å². The molecular weight excluding hydrogens is 168 g/mol. The number of benzene rings is 1. The highest BCUT2D eigenvalue weighted by molar-refractivity contribution is 7.12. The summed E-state index contributed by atoms with van der Waals surface area (Å²) in [6.07, 6.45) is 0. The van der Waals surface area contributed by atoms with Crippen LogP contribution in [0.5, 0.6) is 0 Å². The van der Waals surface area contributed by atoms with Crippen LogP contribution >= 0.6 is 11.5 Å². The van der Waals surface area contributed by atoms with Crippen molar-refractivity contribution in [2.75, 3.05) is 0 Å². The monoisotopic (exact) mass is 181 g/mol. The molecule has 1 aromatic carbocycles. The Morgan fingerprint density at radius 3 is 2.58 bits per heavy atom. The number of para-hydroxylation sites is 1. The van der Waals surface area contributed by atoms with E-state index in [2.05, 4.69) is 16.6 Å². The molecule has 0 fully saturated rings. The first kappa shape index (κ1) is 9.13. The minimum atomic E-state index is 1.20. The Morgan fingerprint density at radius 2 is 1.92 bits per heavy atom. The number of aryl methyl sites for hydroxylation is 1. The van der Waals surface area contributed by atoms with E-state index in [0.717, 1.165) is 0 Å². The van der Waals surface area contributed by atoms with Gasteiger partial charge in [0.1, 0.15) is 4.70 Å². The van der Waals surface area contributed by atoms with Gasteiger partial charge in [-0.25, -0.2) is 0 Å². The number of hydrogen-bond acceptors (Lipinski definition) is 2. The molecule has 1 heterocycles. The summed E-state index contributed by atoms with van der Waals surface area (Å²) in [5, 5.41) is 0. The lowest BCUT2D eigenvalue weighted by Crippen LogP contribution is -2.29. The molecule has 0 aliphatic carbocycles. The minimum absolute atomic E-state index is 1.20. The summed E-state index contributed by atoms with van der Waals surface area (Å²) < 4.78 is 7.28. The van der Waals surface area contributed by atoms with E-state index in [1.165, 1.54) is 21.7 Å². The summed E-state index contributed by atoms with van der Waals surface area (Å²) in [5.41, 5.74) is 1.20. The number of nitrogens with zero attached hydrogens (tertiary/aromatic N) is 2. The van der Waals surface area contributed by atoms with Crippen molar-refractivity contribution in [3.05, 3.63) is 24.3 Å². The van der Waals surface area contributed by atoms with E-state index in [9.17, 15) is 0 Å². The molecule has 2 nitrogen and oxygen atoms in total. The van der Waals surface area contributed by atoms with Gasteiger partial charge in [0.25, 0.3) is 5.52 Å². The zero-order chi connectivity index (χ0) is 8.97. The van der Waals surface area contributed by atoms with Crippen LogP contribution in [0, 0.1) is 0 Å². The van der Waals surface area contributed by atoms with E-state index in [4.69, 9.17) is 0 Å². The maximum atomic E-state index is 4.15. The van der Waals surface area contributed by atoms with Crippen molar-refractivity contribution in [1.82, 2.24) is 4.49 Å². The highest BCUT2D eigenvalue weighted by Crippen LogP contribution is 2.11. The van der Waals surface area contributed by atoms with Gasteiger partial charge >= 0.3 is 0 Å². The molecule has 0 saturated carbocycles. The van der Waals surface area contributed by atoms with Crippen LogP contribution in [0.2, 0.25) is 0 Å². The highest BCUT2D eigenvalue weighted by atomic mass is 32.1. The Hall–Kier alpha value is -0.960. The van der Waals surface area contributed by atoms with Crippen LogP contribution in [0.1, 0.15) is 13.8 Å². The Labute approximate surface area is 76.6 Å². The molecule has 0 spiro atoms. The van der Waals surface area contributed by atoms with E-state index >= 15 is 0 Å². The van der Waals surface area contributed by atoms with E-state index in [0.29, 0.717) is 0 Å². The Balaban J connectivity index is 0.000000336. The fourth-order valence-corrected chi connectivity index (χ4v) is 1.68. The van der Waals surface area contributed by atoms with Crippen LogP contribution < -0.4 is 4.68 Å². The maximum absolute atomic E-state index is 4.15. The van der Waals surface area contributed by atoms with Crippen LogP contribution in [0.25, 0.3) is 10.2 Å². The molecule has 1 aromatic heterocycles. The lowest BCUT2D eigenvalue weighted by Gasteiger charge is -1.77. The van der Waals surface area contributed by atoms with Crippen LogP contribution in [-0.2, 0) is 7.05 Å². The zero-order valence-electron chi connectivity index (χ0n) is 7.61. The topological polar surface area (TPSA) is 16.8 Å². The van der Waals surface area contributed by atoms with Gasteiger partial charge in [0, 0.05) is 17.6 Å². The fraction of sp³-hybridized carbons (Fsp3) is 0.333. The fourth-order valence-electron chi connectivity index (χ4n) is 0.951. The van der Waals surface area contributed by atoms with Crippen molar-refractivity contribution in [2.24, 2.45) is 7.05 Å². The molecule has 0 unspecified atom stereocenters. The molecule has 2 aromatic rings. The number of hydrogen-bond donors (Lipinski definition) is 0. The predicted octanol–water partition coefficient (Wildman–Crippen LogP) is 2.15. The van der Waals surface area contributed by atoms with Gasteiger partial charge in [-0.15, -0.1) is 0 Å². The summed E-state index contributed by atoms with van der Waals surface area (Å²) in [4.78, 5) is 0. The Kier molecular flexibility index (Phi) is 3.17. The molecule has 2 rings (SSSR count). The van der Waals surface area contributed by atoms with Gasteiger partial charge in [-0.2, -0.15) is 0 Å². The smallest absolute Gasteiger partial charge is 0.0744 e. The summed E-state index contributed by atoms with van der Waals surface area (Å²) in [7, 11) is 1.96. The molecule has 0 amide bonds. The normalized spacial score (nSPS) is 9.25. The zero-order valence-corrected chi connectivity index (χ0v) is 8.43. The molecule has 0 aliphatic heterocycles. The SMILES string of the molecule is CC.C[n+]1nsc2ccccc21. The molecule has 12 heavy (non-hydrogen) atoms. The average molecular weight is 181 g/mol. The van der Waals surface area contributed by atoms with Gasteiger partial charge in [0.2, 0.25) is 0 Å². The molecule has 64 valence electrons. The van der Waals surface area contributed by atoms with Crippen molar-refractivity contribution in [2.45, 2.75) is 13.8 Å². The molecule has 0 atom stereocenters. The summed E-state index contributed by atoms with van der Waals surface area (Å²) in [5.74, 6) is 0. The number of aromatic nitrogens is 2. The largest absolute Gasteiger partial charge is 0.251 e. The second-order valence-corrected chi connectivity index (χ2v) is 2.95. The van der Waals surface area contributed by atoms with Crippen molar-refractivity contribution < 1.29 is 4.68 Å². The standard InChI is InChI=1S/C7H7N2S.C2H6/c1-9-6-4-2-3-5-7(6)10-8-9;1-2/h2-5H,1H3;1-2H3/q+1;. The molecule has 0 N–H and O–H groups in total. The molecule has 3 heteroatoms. The van der Waals surface area contributed by atoms with E-state index < -0.39 is 0 Å². The van der Waals surface area contributed by atoms with Crippen molar-refractivity contribution in [3.63, 3.8) is 0 Å². The first-order valence-electron chi connectivity index (χ1n) is 4.08. The number of fused-ring (bicyclic) bond motifs is 1. The van der Waals surface area contributed by atoms with Crippen molar-refractivity contribution >= 4 is 21.7 Å². The lowest BCUT2D eigenvalue weighted by molar-refractivity contribution is -0.698. The van der Waals surface area contributed by atoms with Gasteiger partial charge in [0.15, 0.2) is 7.05 Å². The molecular formula is C9H13N2S+. The van der Waals surface area contributed by atoms with E-state index in [1.807, 2.05) is 37.7 Å². The van der Waals surface area contributed by atoms with E-state index in [1.54, 1.807) is 0 Å². The molecule has 0 radical (unpaired) electrons. The predicted molar refractivity (Wildman–Crippen MR) is 52.1 cm³/mol. The van der Waals surface area contributed by atoms with Gasteiger partial charge in [-0.1, -0.05) is 30.7 Å². The van der Waals surface area contributed by atoms with Gasteiger partial charge in [-0.3, -0.25) is 0 Å². The van der Waals surface area contributed by atoms with Crippen molar-refractivity contribution in [3.8, 4) is 0 Å². The van der Waals surface area contributed by atoms with Gasteiger partial charge < -0.3 is 0 Å². The molecule has 0 saturated heterocycles. The quantitative estimate of drug-likeness (QED) is 0.569. The second kappa shape index (κ2) is 4.16. The first-order chi connectivity index (χ1) is 5.88. The summed E-state index contributed by atoms with van der Waals surface area (Å²) in [6, 6.07) is 8.20. The third-order valence-corrected chi connectivity index (χ3v) is 2.34. The first-order valence-corrected chi connectivity index (χ1v) is 4.86. The van der Waals surface area contributed by atoms with Crippen LogP contribution in [0.3, 0.4) is 0 Å². The molecule has 0 bridgehead atoms. The van der Waals surface area contributed by atoms with Gasteiger partial charge in [0.05, 0.1) is 4.49 Å². The average Bonchev–Trinajstić information content (AvgIpc) is 2.53. The number of rotatable bonds is 0. The molecule has 0 aliphatic rings. The minimum Gasteiger partial charge on any atom is -0.0744 e. The van der Waals surface area contributed by atoms with Crippen LogP contribution in [-0.4, -0.2) is 4.49 Å². The van der Waals surface area contributed by atoms with Gasteiger partial charge in [-0.05, 0) is 6.07 Å². The Morgan fingerprint density at radius 1 is 1.25 bits per heavy atom. The second-order valence-electron chi connectivity index (χ2n) is 2.16. The third-order valence-electron chi connectivity index (χ3n) is 1.48. The van der Waals surface area contributed by atoms with Crippen LogP contribution in [0.15, 0.2) is 24.3 Å². The van der Waals surface area contributed by atoms with Crippen molar-refractivity contribution in [1.29, 1.82) is 0 Å². The lowest BCUT2D eigenvalue weighted by atomic mass is 10.3. The summed E-state index contributed by atoms with van der Waals surface area (Å²) >= 11 is 1.53. The third kappa shape index (κ3) is 1.61.